The van der Waals surface area contributed by atoms with Crippen LogP contribution in [0.25, 0.3) is 11.6 Å². The van der Waals surface area contributed by atoms with Crippen LogP contribution < -0.4 is 20.3 Å². The quantitative estimate of drug-likeness (QED) is 0.626. The van der Waals surface area contributed by atoms with Gasteiger partial charge in [0.1, 0.15) is 11.3 Å². The lowest BCUT2D eigenvalue weighted by atomic mass is 9.88. The molecule has 0 atom stereocenters. The van der Waals surface area contributed by atoms with Crippen molar-refractivity contribution in [1.82, 2.24) is 10.6 Å². The molecule has 1 saturated heterocycles. The van der Waals surface area contributed by atoms with Gasteiger partial charge in [-0.15, -0.1) is 0 Å². The molecule has 3 rings (SSSR count). The molecule has 0 aliphatic carbocycles. The highest BCUT2D eigenvalue weighted by atomic mass is 16.5. The Bertz CT molecular complexity index is 874. The predicted octanol–water partition coefficient (Wildman–Crippen LogP) is 2.08. The predicted molar refractivity (Wildman–Crippen MR) is 98.8 cm³/mol. The van der Waals surface area contributed by atoms with Gasteiger partial charge in [-0.25, -0.2) is 4.79 Å². The van der Waals surface area contributed by atoms with Gasteiger partial charge in [0.2, 0.25) is 0 Å². The van der Waals surface area contributed by atoms with Gasteiger partial charge >= 0.3 is 6.03 Å². The van der Waals surface area contributed by atoms with E-state index >= 15 is 0 Å². The second-order valence-electron chi connectivity index (χ2n) is 6.95. The van der Waals surface area contributed by atoms with Gasteiger partial charge in [0.05, 0.1) is 12.6 Å². The number of fused-ring (bicyclic) bond motifs is 1. The van der Waals surface area contributed by atoms with Crippen molar-refractivity contribution in [3.8, 4) is 5.75 Å². The maximum atomic E-state index is 12.0. The summed E-state index contributed by atoms with van der Waals surface area (Å²) in [5, 5.41) is 4.14. The number of allylic oxidation sites excluding steroid dienone is 1. The van der Waals surface area contributed by atoms with Gasteiger partial charge < -0.3 is 9.64 Å². The number of carbonyl (C=O) groups is 3. The SMILES string of the molecule is COc1cc2c(cc1C=C1C(=O)NC(=O)NC1=O)C(C)=CC(C)(C)N2C. The molecule has 2 aliphatic rings. The number of carbonyl (C=O) groups excluding carboxylic acids is 3. The third-order valence-corrected chi connectivity index (χ3v) is 4.81. The zero-order valence-electron chi connectivity index (χ0n) is 15.4. The Morgan fingerprint density at radius 1 is 1.12 bits per heavy atom. The number of barbiturate groups is 1. The van der Waals surface area contributed by atoms with Crippen molar-refractivity contribution in [1.29, 1.82) is 0 Å². The molecule has 0 spiro atoms. The van der Waals surface area contributed by atoms with Gasteiger partial charge in [-0.3, -0.25) is 20.2 Å². The average molecular weight is 355 g/mol. The molecule has 0 saturated carbocycles. The molecule has 0 unspecified atom stereocenters. The largest absolute Gasteiger partial charge is 0.496 e. The standard InChI is InChI=1S/C19H21N3O4/c1-10-9-19(2,3)22(4)14-8-15(26-5)11(6-12(10)14)7-13-16(23)20-18(25)21-17(13)24/h6-9H,1-5H3,(H2,20,21,23,24,25). The van der Waals surface area contributed by atoms with Gasteiger partial charge in [0, 0.05) is 29.9 Å². The van der Waals surface area contributed by atoms with Crippen LogP contribution in [0.5, 0.6) is 5.75 Å². The molecule has 7 heteroatoms. The van der Waals surface area contributed by atoms with Crippen LogP contribution in [0.15, 0.2) is 23.8 Å². The number of urea groups is 1. The Hall–Kier alpha value is -3.09. The maximum absolute atomic E-state index is 12.0. The summed E-state index contributed by atoms with van der Waals surface area (Å²) in [7, 11) is 3.54. The van der Waals surface area contributed by atoms with Crippen LogP contribution >= 0.6 is 0 Å². The maximum Gasteiger partial charge on any atom is 0.328 e. The van der Waals surface area contributed by atoms with E-state index in [9.17, 15) is 14.4 Å². The summed E-state index contributed by atoms with van der Waals surface area (Å²) in [6.45, 7) is 6.26. The lowest BCUT2D eigenvalue weighted by Gasteiger charge is -2.41. The summed E-state index contributed by atoms with van der Waals surface area (Å²) < 4.78 is 5.48. The summed E-state index contributed by atoms with van der Waals surface area (Å²) in [5.41, 5.74) is 3.38. The molecular weight excluding hydrogens is 334 g/mol. The Balaban J connectivity index is 2.14. The van der Waals surface area contributed by atoms with E-state index in [1.807, 2.05) is 26.1 Å². The molecule has 0 bridgehead atoms. The second kappa shape index (κ2) is 6.01. The van der Waals surface area contributed by atoms with Crippen LogP contribution in [0.2, 0.25) is 0 Å². The van der Waals surface area contributed by atoms with E-state index in [0.29, 0.717) is 11.3 Å². The van der Waals surface area contributed by atoms with Crippen LogP contribution in [-0.2, 0) is 9.59 Å². The highest BCUT2D eigenvalue weighted by Crippen LogP contribution is 2.41. The number of methoxy groups -OCH3 is 1. The van der Waals surface area contributed by atoms with E-state index < -0.39 is 17.8 Å². The van der Waals surface area contributed by atoms with Gasteiger partial charge in [0.25, 0.3) is 11.8 Å². The first-order chi connectivity index (χ1) is 12.1. The number of likely N-dealkylation sites (N-methyl/N-ethyl adjacent to an activating group) is 1. The highest BCUT2D eigenvalue weighted by molar-refractivity contribution is 6.31. The summed E-state index contributed by atoms with van der Waals surface area (Å²) in [5.74, 6) is -0.931. The first-order valence-electron chi connectivity index (χ1n) is 8.18. The monoisotopic (exact) mass is 355 g/mol. The Kier molecular flexibility index (Phi) is 4.10. The van der Waals surface area contributed by atoms with Crippen LogP contribution in [0.4, 0.5) is 10.5 Å². The van der Waals surface area contributed by atoms with Gasteiger partial charge in [0.15, 0.2) is 0 Å². The molecule has 1 fully saturated rings. The molecule has 0 aromatic heterocycles. The topological polar surface area (TPSA) is 87.7 Å². The minimum Gasteiger partial charge on any atom is -0.496 e. The first-order valence-corrected chi connectivity index (χ1v) is 8.18. The molecule has 136 valence electrons. The molecule has 1 aromatic rings. The van der Waals surface area contributed by atoms with E-state index in [1.54, 1.807) is 0 Å². The molecule has 2 N–H and O–H groups in total. The Morgan fingerprint density at radius 3 is 2.31 bits per heavy atom. The number of rotatable bonds is 2. The minimum atomic E-state index is -0.822. The highest BCUT2D eigenvalue weighted by Gasteiger charge is 2.31. The summed E-state index contributed by atoms with van der Waals surface area (Å²) in [6.07, 6.45) is 3.60. The van der Waals surface area contributed by atoms with Crippen LogP contribution in [0, 0.1) is 0 Å². The number of imide groups is 2. The number of anilines is 1. The van der Waals surface area contributed by atoms with E-state index in [2.05, 4.69) is 35.5 Å². The van der Waals surface area contributed by atoms with Crippen molar-refractivity contribution in [2.75, 3.05) is 19.1 Å². The number of nitrogens with zero attached hydrogens (tertiary/aromatic N) is 1. The number of ether oxygens (including phenoxy) is 1. The van der Waals surface area contributed by atoms with Gasteiger partial charge in [-0.2, -0.15) is 0 Å². The molecule has 2 heterocycles. The molecule has 1 aromatic carbocycles. The number of hydrogen-bond donors (Lipinski definition) is 2. The van der Waals surface area contributed by atoms with Crippen molar-refractivity contribution in [3.05, 3.63) is 34.9 Å². The second-order valence-corrected chi connectivity index (χ2v) is 6.95. The third kappa shape index (κ3) is 2.85. The fourth-order valence-corrected chi connectivity index (χ4v) is 3.25. The fourth-order valence-electron chi connectivity index (χ4n) is 3.25. The van der Waals surface area contributed by atoms with Gasteiger partial charge in [-0.05, 0) is 38.5 Å². The Labute approximate surface area is 151 Å². The van der Waals surface area contributed by atoms with E-state index in [4.69, 9.17) is 4.74 Å². The number of hydrogen-bond acceptors (Lipinski definition) is 5. The molecule has 0 radical (unpaired) electrons. The minimum absolute atomic E-state index is 0.144. The van der Waals surface area contributed by atoms with Crippen molar-refractivity contribution in [3.63, 3.8) is 0 Å². The summed E-state index contributed by atoms with van der Waals surface area (Å²) in [4.78, 5) is 37.3. The molecule has 4 amide bonds. The fraction of sp³-hybridized carbons (Fsp3) is 0.316. The number of nitrogens with one attached hydrogen (secondary N) is 2. The molecule has 2 aliphatic heterocycles. The molecule has 26 heavy (non-hydrogen) atoms. The first kappa shape index (κ1) is 17.7. The zero-order valence-corrected chi connectivity index (χ0v) is 15.4. The van der Waals surface area contributed by atoms with Crippen molar-refractivity contribution >= 4 is 35.2 Å². The lowest BCUT2D eigenvalue weighted by Crippen LogP contribution is -2.51. The van der Waals surface area contributed by atoms with Crippen molar-refractivity contribution < 1.29 is 19.1 Å². The van der Waals surface area contributed by atoms with Crippen molar-refractivity contribution in [2.24, 2.45) is 0 Å². The lowest BCUT2D eigenvalue weighted by molar-refractivity contribution is -0.123. The zero-order chi connectivity index (χ0) is 19.2. The van der Waals surface area contributed by atoms with Crippen LogP contribution in [0.1, 0.15) is 31.9 Å². The van der Waals surface area contributed by atoms with E-state index in [1.165, 1.54) is 13.2 Å². The van der Waals surface area contributed by atoms with E-state index in [-0.39, 0.29) is 11.1 Å². The summed E-state index contributed by atoms with van der Waals surface area (Å²) in [6, 6.07) is 2.96. The Morgan fingerprint density at radius 2 is 1.73 bits per heavy atom. The molecular formula is C19H21N3O4. The van der Waals surface area contributed by atoms with Crippen LogP contribution in [-0.4, -0.2) is 37.5 Å². The average Bonchev–Trinajstić information content (AvgIpc) is 2.55. The third-order valence-electron chi connectivity index (χ3n) is 4.81. The molecule has 7 nitrogen and oxygen atoms in total. The van der Waals surface area contributed by atoms with Crippen molar-refractivity contribution in [2.45, 2.75) is 26.3 Å². The summed E-state index contributed by atoms with van der Waals surface area (Å²) >= 11 is 0. The van der Waals surface area contributed by atoms with Gasteiger partial charge in [-0.1, -0.05) is 6.08 Å². The number of amides is 4. The van der Waals surface area contributed by atoms with E-state index in [0.717, 1.165) is 16.8 Å². The van der Waals surface area contributed by atoms with Crippen LogP contribution in [0.3, 0.4) is 0 Å². The normalized spacial score (nSPS) is 18.7. The smallest absolute Gasteiger partial charge is 0.328 e. The number of benzene rings is 1.